The van der Waals surface area contributed by atoms with E-state index in [9.17, 15) is 18.8 Å². The van der Waals surface area contributed by atoms with Gasteiger partial charge in [0.05, 0.1) is 16.6 Å². The van der Waals surface area contributed by atoms with Crippen molar-refractivity contribution in [2.75, 3.05) is 4.90 Å². The molecule has 9 heteroatoms. The number of hydrogen-bond donors (Lipinski definition) is 1. The number of carbonyl (C=O) groups excluding carboxylic acids is 2. The van der Waals surface area contributed by atoms with E-state index in [1.807, 2.05) is 49.4 Å². The number of anilines is 1. The zero-order valence-electron chi connectivity index (χ0n) is 19.6. The van der Waals surface area contributed by atoms with Crippen LogP contribution in [0, 0.1) is 18.7 Å². The first kappa shape index (κ1) is 23.7. The summed E-state index contributed by atoms with van der Waals surface area (Å²) in [6.45, 7) is 2.46. The smallest absolute Gasteiger partial charge is 0.305 e. The largest absolute Gasteiger partial charge is 0.489 e. The second kappa shape index (κ2) is 9.32. The van der Waals surface area contributed by atoms with Crippen LogP contribution in [0.5, 0.6) is 5.75 Å². The molecule has 3 atom stereocenters. The van der Waals surface area contributed by atoms with Crippen molar-refractivity contribution >= 4 is 40.6 Å². The van der Waals surface area contributed by atoms with Crippen molar-refractivity contribution < 1.29 is 18.7 Å². The van der Waals surface area contributed by atoms with E-state index >= 15 is 0 Å². The summed E-state index contributed by atoms with van der Waals surface area (Å²) >= 11 is 2.28. The van der Waals surface area contributed by atoms with E-state index in [2.05, 4.69) is 11.1 Å². The average Bonchev–Trinajstić information content (AvgIpc) is 3.38. The molecule has 0 spiro atoms. The van der Waals surface area contributed by atoms with Gasteiger partial charge in [-0.1, -0.05) is 65.1 Å². The third-order valence-corrected chi connectivity index (χ3v) is 9.04. The zero-order chi connectivity index (χ0) is 25.7. The number of imide groups is 1. The lowest BCUT2D eigenvalue weighted by Gasteiger charge is -2.29. The molecule has 3 heterocycles. The Morgan fingerprint density at radius 3 is 2.46 bits per heavy atom. The lowest BCUT2D eigenvalue weighted by Crippen LogP contribution is -2.32. The topological polar surface area (TPSA) is 79.5 Å². The molecule has 0 bridgehead atoms. The number of aromatic amines is 1. The van der Waals surface area contributed by atoms with Crippen molar-refractivity contribution in [3.8, 4) is 5.75 Å². The second-order valence-corrected chi connectivity index (χ2v) is 11.3. The molecule has 186 valence electrons. The first-order valence-corrected chi connectivity index (χ1v) is 13.4. The van der Waals surface area contributed by atoms with E-state index in [0.29, 0.717) is 23.1 Å². The first-order chi connectivity index (χ1) is 17.9. The number of hydrogen-bond acceptors (Lipinski definition) is 6. The molecule has 2 aliphatic rings. The number of benzene rings is 3. The summed E-state index contributed by atoms with van der Waals surface area (Å²) in [4.78, 5) is 43.8. The van der Waals surface area contributed by atoms with Gasteiger partial charge in [-0.25, -0.2) is 9.29 Å². The molecule has 1 aromatic heterocycles. The lowest BCUT2D eigenvalue weighted by molar-refractivity contribution is -0.122. The van der Waals surface area contributed by atoms with Gasteiger partial charge in [0.2, 0.25) is 11.8 Å². The summed E-state index contributed by atoms with van der Waals surface area (Å²) in [7, 11) is 0. The van der Waals surface area contributed by atoms with Gasteiger partial charge < -0.3 is 9.72 Å². The Labute approximate surface area is 220 Å². The summed E-state index contributed by atoms with van der Waals surface area (Å²) in [5.74, 6) is -1.66. The van der Waals surface area contributed by atoms with Crippen LogP contribution in [-0.4, -0.2) is 22.0 Å². The van der Waals surface area contributed by atoms with Gasteiger partial charge in [-0.15, -0.1) is 0 Å². The Balaban J connectivity index is 1.32. The van der Waals surface area contributed by atoms with E-state index in [1.54, 1.807) is 0 Å². The van der Waals surface area contributed by atoms with Crippen molar-refractivity contribution in [1.82, 2.24) is 4.98 Å². The van der Waals surface area contributed by atoms with Crippen molar-refractivity contribution in [2.45, 2.75) is 29.7 Å². The fourth-order valence-electron chi connectivity index (χ4n) is 4.96. The van der Waals surface area contributed by atoms with Gasteiger partial charge in [0.15, 0.2) is 0 Å². The Hall–Kier alpha value is -3.69. The molecule has 0 radical (unpaired) electrons. The predicted octanol–water partition coefficient (Wildman–Crippen LogP) is 5.26. The van der Waals surface area contributed by atoms with Crippen LogP contribution in [0.3, 0.4) is 0 Å². The van der Waals surface area contributed by atoms with Crippen LogP contribution in [0.4, 0.5) is 10.1 Å². The molecule has 37 heavy (non-hydrogen) atoms. The third kappa shape index (κ3) is 4.28. The van der Waals surface area contributed by atoms with Crippen LogP contribution in [0.15, 0.2) is 82.6 Å². The number of nitrogens with zero attached hydrogens (tertiary/aromatic N) is 1. The number of thioether (sulfide) groups is 1. The fraction of sp³-hybridized carbons (Fsp3) is 0.179. The van der Waals surface area contributed by atoms with Crippen molar-refractivity contribution in [3.63, 3.8) is 0 Å². The zero-order valence-corrected chi connectivity index (χ0v) is 21.3. The number of thiazole rings is 1. The maximum Gasteiger partial charge on any atom is 0.305 e. The van der Waals surface area contributed by atoms with Crippen LogP contribution in [-0.2, 0) is 16.2 Å². The van der Waals surface area contributed by atoms with E-state index in [4.69, 9.17) is 4.74 Å². The van der Waals surface area contributed by atoms with Crippen molar-refractivity contribution in [3.05, 3.63) is 110 Å². The molecule has 4 aromatic rings. The van der Waals surface area contributed by atoms with Crippen LogP contribution in [0.1, 0.15) is 27.5 Å². The number of carbonyl (C=O) groups is 2. The molecular weight excluding hydrogens is 511 g/mol. The third-order valence-electron chi connectivity index (χ3n) is 6.64. The maximum absolute atomic E-state index is 13.7. The minimum atomic E-state index is -0.697. The molecule has 2 aliphatic heterocycles. The summed E-state index contributed by atoms with van der Waals surface area (Å²) in [5.41, 5.74) is 3.38. The van der Waals surface area contributed by atoms with Crippen LogP contribution in [0.25, 0.3) is 0 Å². The minimum absolute atomic E-state index is 0.226. The van der Waals surface area contributed by atoms with E-state index in [0.717, 1.165) is 37.8 Å². The SMILES string of the molecule is Cc1cccc(COc2ccc([C@@H]3c4sc(=O)[nH]c4S[C@H]4C(=O)N(c5ccc(F)cc5)C(=O)[C@@H]34)cc2)c1. The highest BCUT2D eigenvalue weighted by molar-refractivity contribution is 8.00. The molecule has 6 rings (SSSR count). The fourth-order valence-corrected chi connectivity index (χ4v) is 7.48. The molecular formula is C28H21FN2O4S2. The Bertz CT molecular complexity index is 1560. The van der Waals surface area contributed by atoms with Gasteiger partial charge >= 0.3 is 4.87 Å². The summed E-state index contributed by atoms with van der Waals surface area (Å²) in [6, 6.07) is 20.9. The van der Waals surface area contributed by atoms with Crippen LogP contribution < -0.4 is 14.5 Å². The van der Waals surface area contributed by atoms with Gasteiger partial charge in [-0.05, 0) is 54.4 Å². The number of nitrogens with one attached hydrogen (secondary N) is 1. The number of aromatic nitrogens is 1. The van der Waals surface area contributed by atoms with Gasteiger partial charge in [0, 0.05) is 10.8 Å². The molecule has 2 amide bonds. The molecule has 0 aliphatic carbocycles. The molecule has 0 unspecified atom stereocenters. The number of ether oxygens (including phenoxy) is 1. The molecule has 1 N–H and O–H groups in total. The number of H-pyrrole nitrogens is 1. The number of amides is 2. The number of fused-ring (bicyclic) bond motifs is 2. The summed E-state index contributed by atoms with van der Waals surface area (Å²) in [6.07, 6.45) is 0. The number of halogens is 1. The van der Waals surface area contributed by atoms with Gasteiger partial charge in [0.1, 0.15) is 23.4 Å². The molecule has 3 aromatic carbocycles. The summed E-state index contributed by atoms with van der Waals surface area (Å²) < 4.78 is 19.4. The minimum Gasteiger partial charge on any atom is -0.489 e. The highest BCUT2D eigenvalue weighted by Gasteiger charge is 2.56. The summed E-state index contributed by atoms with van der Waals surface area (Å²) in [5, 5.41) is -0.0827. The van der Waals surface area contributed by atoms with E-state index < -0.39 is 22.9 Å². The van der Waals surface area contributed by atoms with E-state index in [1.165, 1.54) is 36.0 Å². The highest BCUT2D eigenvalue weighted by Crippen LogP contribution is 2.53. The Morgan fingerprint density at radius 2 is 1.73 bits per heavy atom. The monoisotopic (exact) mass is 532 g/mol. The van der Waals surface area contributed by atoms with Crippen LogP contribution in [0.2, 0.25) is 0 Å². The lowest BCUT2D eigenvalue weighted by atomic mass is 9.83. The molecule has 1 fully saturated rings. The highest BCUT2D eigenvalue weighted by atomic mass is 32.2. The first-order valence-electron chi connectivity index (χ1n) is 11.7. The van der Waals surface area contributed by atoms with Gasteiger partial charge in [-0.2, -0.15) is 0 Å². The molecule has 6 nitrogen and oxygen atoms in total. The predicted molar refractivity (Wildman–Crippen MR) is 141 cm³/mol. The second-order valence-electron chi connectivity index (χ2n) is 9.08. The van der Waals surface area contributed by atoms with E-state index in [-0.39, 0.29) is 16.7 Å². The van der Waals surface area contributed by atoms with Crippen molar-refractivity contribution in [1.29, 1.82) is 0 Å². The van der Waals surface area contributed by atoms with Gasteiger partial charge in [-0.3, -0.25) is 14.4 Å². The Kier molecular flexibility index (Phi) is 5.97. The number of aryl methyl sites for hydroxylation is 1. The van der Waals surface area contributed by atoms with Crippen LogP contribution >= 0.6 is 23.1 Å². The Morgan fingerprint density at radius 1 is 0.973 bits per heavy atom. The quantitative estimate of drug-likeness (QED) is 0.355. The maximum atomic E-state index is 13.7. The van der Waals surface area contributed by atoms with Gasteiger partial charge in [0.25, 0.3) is 0 Å². The number of rotatable bonds is 5. The molecule has 0 saturated carbocycles. The molecule has 1 saturated heterocycles. The van der Waals surface area contributed by atoms with Crippen molar-refractivity contribution in [2.24, 2.45) is 5.92 Å². The standard InChI is InChI=1S/C28H21FN2O4S2/c1-15-3-2-4-16(13-15)14-35-20-11-5-17(6-12-20)21-22-24(36-25-23(21)37-28(34)30-25)27(33)31(26(22)32)19-9-7-18(29)8-10-19/h2-13,21-22,24H,14H2,1H3,(H,30,34)/t21-,22-,24+/m0/s1. The normalized spacial score (nSPS) is 20.6. The average molecular weight is 533 g/mol.